The molecule has 10 nitrogen and oxygen atoms in total. The molecule has 10 heteroatoms. The number of carbonyl (C=O) groups excluding carboxylic acids is 1. The highest BCUT2D eigenvalue weighted by Crippen LogP contribution is 2.41. The Labute approximate surface area is 228 Å². The lowest BCUT2D eigenvalue weighted by molar-refractivity contribution is 0.0953. The molecule has 2 heterocycles. The Hall–Kier alpha value is -4.34. The van der Waals surface area contributed by atoms with Crippen LogP contribution in [0.2, 0.25) is 0 Å². The van der Waals surface area contributed by atoms with E-state index in [-0.39, 0.29) is 5.91 Å². The number of methoxy groups -OCH3 is 3. The number of benzene rings is 2. The number of hydrogen-bond donors (Lipinski definition) is 2. The van der Waals surface area contributed by atoms with Gasteiger partial charge in [0.1, 0.15) is 11.0 Å². The van der Waals surface area contributed by atoms with E-state index in [1.54, 1.807) is 38.1 Å². The van der Waals surface area contributed by atoms with Crippen LogP contribution in [0.25, 0.3) is 22.4 Å². The third-order valence-corrected chi connectivity index (χ3v) is 6.39. The van der Waals surface area contributed by atoms with Gasteiger partial charge in [0.2, 0.25) is 5.75 Å². The summed E-state index contributed by atoms with van der Waals surface area (Å²) < 4.78 is 18.4. The molecule has 2 aromatic carbocycles. The van der Waals surface area contributed by atoms with Crippen molar-refractivity contribution in [1.82, 2.24) is 25.1 Å². The zero-order valence-electron chi connectivity index (χ0n) is 23.4. The minimum atomic E-state index is -0.0834. The number of unbranched alkanes of at least 4 members (excludes halogenated alkanes) is 1. The number of nitrogens with zero attached hydrogens (tertiary/aromatic N) is 4. The fourth-order valence-electron chi connectivity index (χ4n) is 4.40. The maximum absolute atomic E-state index is 12.4. The molecule has 2 aromatic heterocycles. The third kappa shape index (κ3) is 5.89. The highest BCUT2D eigenvalue weighted by Gasteiger charge is 2.21. The second-order valence-corrected chi connectivity index (χ2v) is 9.14. The summed E-state index contributed by atoms with van der Waals surface area (Å²) in [6, 6.07) is 11.0. The van der Waals surface area contributed by atoms with E-state index >= 15 is 0 Å². The Morgan fingerprint density at radius 2 is 1.64 bits per heavy atom. The van der Waals surface area contributed by atoms with Gasteiger partial charge in [-0.25, -0.2) is 9.97 Å². The van der Waals surface area contributed by atoms with Crippen LogP contribution in [0.5, 0.6) is 17.2 Å². The van der Waals surface area contributed by atoms with Gasteiger partial charge in [0.25, 0.3) is 5.91 Å². The molecule has 206 valence electrons. The summed E-state index contributed by atoms with van der Waals surface area (Å²) in [4.78, 5) is 22.3. The smallest absolute Gasteiger partial charge is 0.251 e. The summed E-state index contributed by atoms with van der Waals surface area (Å²) in [5, 5.41) is 11.1. The van der Waals surface area contributed by atoms with Crippen molar-refractivity contribution in [3.8, 4) is 28.6 Å². The number of aromatic nitrogens is 4. The predicted molar refractivity (Wildman–Crippen MR) is 152 cm³/mol. The average Bonchev–Trinajstić information content (AvgIpc) is 3.27. The third-order valence-electron chi connectivity index (χ3n) is 6.39. The molecule has 2 N–H and O–H groups in total. The molecule has 0 bridgehead atoms. The molecule has 0 saturated carbocycles. The minimum Gasteiger partial charge on any atom is -0.493 e. The van der Waals surface area contributed by atoms with Crippen molar-refractivity contribution in [2.45, 2.75) is 39.5 Å². The van der Waals surface area contributed by atoms with Crippen LogP contribution in [0.3, 0.4) is 0 Å². The maximum atomic E-state index is 12.4. The highest BCUT2D eigenvalue weighted by molar-refractivity contribution is 5.95. The molecule has 0 aliphatic carbocycles. The number of carbonyl (C=O) groups is 1. The normalized spacial score (nSPS) is 10.9. The number of anilines is 2. The number of ether oxygens (including phenoxy) is 3. The molecule has 0 fully saturated rings. The Bertz CT molecular complexity index is 1420. The van der Waals surface area contributed by atoms with Crippen LogP contribution in [-0.2, 0) is 13.5 Å². The van der Waals surface area contributed by atoms with Crippen LogP contribution in [0.4, 0.5) is 11.5 Å². The van der Waals surface area contributed by atoms with Gasteiger partial charge in [-0.2, -0.15) is 5.10 Å². The molecule has 4 aromatic rings. The topological polar surface area (TPSA) is 112 Å². The molecular weight excluding hydrogens is 496 g/mol. The van der Waals surface area contributed by atoms with Crippen molar-refractivity contribution in [3.05, 3.63) is 47.7 Å². The first-order valence-corrected chi connectivity index (χ1v) is 13.1. The lowest BCUT2D eigenvalue weighted by Gasteiger charge is -2.15. The van der Waals surface area contributed by atoms with Gasteiger partial charge >= 0.3 is 0 Å². The zero-order chi connectivity index (χ0) is 27.9. The summed E-state index contributed by atoms with van der Waals surface area (Å²) in [7, 11) is 6.61. The quantitative estimate of drug-likeness (QED) is 0.237. The average molecular weight is 533 g/mol. The molecule has 4 rings (SSSR count). The van der Waals surface area contributed by atoms with Crippen LogP contribution in [0, 0.1) is 0 Å². The van der Waals surface area contributed by atoms with Crippen molar-refractivity contribution in [2.75, 3.05) is 33.2 Å². The van der Waals surface area contributed by atoms with Gasteiger partial charge in [-0.05, 0) is 49.2 Å². The Morgan fingerprint density at radius 3 is 2.23 bits per heavy atom. The number of amides is 1. The van der Waals surface area contributed by atoms with E-state index in [4.69, 9.17) is 29.3 Å². The van der Waals surface area contributed by atoms with Crippen molar-refractivity contribution in [3.63, 3.8) is 0 Å². The van der Waals surface area contributed by atoms with Crippen LogP contribution in [-0.4, -0.2) is 53.5 Å². The van der Waals surface area contributed by atoms with E-state index in [0.717, 1.165) is 48.1 Å². The Balaban J connectivity index is 1.78. The molecular formula is C29H36N6O4. The van der Waals surface area contributed by atoms with Crippen molar-refractivity contribution < 1.29 is 19.0 Å². The second kappa shape index (κ2) is 12.5. The SMILES string of the molecule is CCCCNC(=O)c1ccc(Nc2nc(-c3cc(OC)c(OC)c(OC)c3)nc3c(CCC)nn(C)c23)cc1. The molecule has 0 aliphatic heterocycles. The van der Waals surface area contributed by atoms with E-state index in [9.17, 15) is 4.79 Å². The van der Waals surface area contributed by atoms with Crippen molar-refractivity contribution in [2.24, 2.45) is 7.05 Å². The van der Waals surface area contributed by atoms with E-state index < -0.39 is 0 Å². The molecule has 0 unspecified atom stereocenters. The standard InChI is InChI=1S/C29H36N6O4/c1-7-9-15-30-29(36)18-11-13-20(14-12-18)31-28-25-24(21(10-8-2)34-35(25)3)32-27(33-28)19-16-22(37-4)26(39-6)23(17-19)38-5/h11-14,16-17H,7-10,15H2,1-6H3,(H,30,36)(H,31,32,33). The molecule has 0 saturated heterocycles. The lowest BCUT2D eigenvalue weighted by Crippen LogP contribution is -2.24. The number of aryl methyl sites for hydroxylation is 2. The van der Waals surface area contributed by atoms with Gasteiger partial charge < -0.3 is 24.8 Å². The summed E-state index contributed by atoms with van der Waals surface area (Å²) >= 11 is 0. The number of fused-ring (bicyclic) bond motifs is 1. The fraction of sp³-hybridized carbons (Fsp3) is 0.379. The Kier molecular flexibility index (Phi) is 8.85. The van der Waals surface area contributed by atoms with Crippen molar-refractivity contribution in [1.29, 1.82) is 0 Å². The first-order valence-electron chi connectivity index (χ1n) is 13.1. The van der Waals surface area contributed by atoms with Crippen LogP contribution < -0.4 is 24.8 Å². The lowest BCUT2D eigenvalue weighted by atomic mass is 10.1. The van der Waals surface area contributed by atoms with Gasteiger partial charge in [-0.1, -0.05) is 26.7 Å². The van der Waals surface area contributed by atoms with Gasteiger partial charge in [0.15, 0.2) is 23.1 Å². The van der Waals surface area contributed by atoms with E-state index in [2.05, 4.69) is 24.5 Å². The molecule has 0 radical (unpaired) electrons. The van der Waals surface area contributed by atoms with Gasteiger partial charge in [0, 0.05) is 30.4 Å². The van der Waals surface area contributed by atoms with Gasteiger partial charge in [-0.15, -0.1) is 0 Å². The van der Waals surface area contributed by atoms with E-state index in [1.807, 2.05) is 31.3 Å². The van der Waals surface area contributed by atoms with Gasteiger partial charge in [0.05, 0.1) is 27.0 Å². The number of hydrogen-bond acceptors (Lipinski definition) is 8. The fourth-order valence-corrected chi connectivity index (χ4v) is 4.40. The van der Waals surface area contributed by atoms with Crippen LogP contribution >= 0.6 is 0 Å². The number of rotatable bonds is 12. The zero-order valence-corrected chi connectivity index (χ0v) is 23.4. The molecule has 1 amide bonds. The highest BCUT2D eigenvalue weighted by atomic mass is 16.5. The molecule has 39 heavy (non-hydrogen) atoms. The second-order valence-electron chi connectivity index (χ2n) is 9.14. The predicted octanol–water partition coefficient (Wildman–Crippen LogP) is 5.28. The maximum Gasteiger partial charge on any atom is 0.251 e. The first-order chi connectivity index (χ1) is 18.9. The molecule has 0 aliphatic rings. The largest absolute Gasteiger partial charge is 0.493 e. The van der Waals surface area contributed by atoms with Crippen molar-refractivity contribution >= 4 is 28.4 Å². The van der Waals surface area contributed by atoms with Crippen LogP contribution in [0.15, 0.2) is 36.4 Å². The van der Waals surface area contributed by atoms with Gasteiger partial charge in [-0.3, -0.25) is 9.48 Å². The summed E-state index contributed by atoms with van der Waals surface area (Å²) in [6.45, 7) is 4.87. The minimum absolute atomic E-state index is 0.0834. The Morgan fingerprint density at radius 1 is 0.949 bits per heavy atom. The molecule has 0 atom stereocenters. The summed E-state index contributed by atoms with van der Waals surface area (Å²) in [5.41, 5.74) is 4.55. The summed E-state index contributed by atoms with van der Waals surface area (Å²) in [5.74, 6) is 2.52. The van der Waals surface area contributed by atoms with Crippen LogP contribution in [0.1, 0.15) is 49.2 Å². The van der Waals surface area contributed by atoms with E-state index in [1.165, 1.54) is 0 Å². The first kappa shape index (κ1) is 27.7. The van der Waals surface area contributed by atoms with E-state index in [0.29, 0.717) is 46.6 Å². The monoisotopic (exact) mass is 532 g/mol. The molecule has 0 spiro atoms. The summed E-state index contributed by atoms with van der Waals surface area (Å²) in [6.07, 6.45) is 3.70. The number of nitrogens with one attached hydrogen (secondary N) is 2.